The Labute approximate surface area is 79.2 Å². The maximum atomic E-state index is 6.14. The Bertz CT molecular complexity index is 292. The molecule has 13 heavy (non-hydrogen) atoms. The van der Waals surface area contributed by atoms with Crippen molar-refractivity contribution in [2.24, 2.45) is 11.7 Å². The van der Waals surface area contributed by atoms with E-state index in [0.717, 1.165) is 12.3 Å². The summed E-state index contributed by atoms with van der Waals surface area (Å²) < 4.78 is 0. The van der Waals surface area contributed by atoms with Crippen LogP contribution in [0.2, 0.25) is 0 Å². The zero-order valence-electron chi connectivity index (χ0n) is 8.03. The maximum absolute atomic E-state index is 6.14. The largest absolute Gasteiger partial charge is 0.324 e. The Kier molecular flexibility index (Phi) is 2.32. The fourth-order valence-corrected chi connectivity index (χ4v) is 1.77. The average molecular weight is 176 g/mol. The van der Waals surface area contributed by atoms with Crippen LogP contribution in [0.4, 0.5) is 0 Å². The first-order valence-electron chi connectivity index (χ1n) is 5.01. The molecule has 0 amide bonds. The Hall–Kier alpha value is -0.890. The Morgan fingerprint density at radius 3 is 3.00 bits per heavy atom. The second-order valence-corrected chi connectivity index (χ2v) is 3.79. The molecule has 0 radical (unpaired) electrons. The van der Waals surface area contributed by atoms with Gasteiger partial charge in [0.25, 0.3) is 0 Å². The van der Waals surface area contributed by atoms with Gasteiger partial charge in [0, 0.05) is 18.4 Å². The van der Waals surface area contributed by atoms with Crippen molar-refractivity contribution in [3.8, 4) is 0 Å². The molecule has 70 valence electrons. The number of rotatable bonds is 3. The van der Waals surface area contributed by atoms with Gasteiger partial charge < -0.3 is 5.73 Å². The van der Waals surface area contributed by atoms with Crippen LogP contribution in [0, 0.1) is 5.92 Å². The third kappa shape index (κ3) is 1.73. The van der Waals surface area contributed by atoms with Gasteiger partial charge in [-0.2, -0.15) is 0 Å². The van der Waals surface area contributed by atoms with Crippen LogP contribution in [-0.2, 0) is 6.42 Å². The molecule has 2 nitrogen and oxygen atoms in total. The van der Waals surface area contributed by atoms with Crippen molar-refractivity contribution in [2.45, 2.75) is 32.2 Å². The number of nitrogens with zero attached hydrogens (tertiary/aromatic N) is 1. The molecule has 2 N–H and O–H groups in total. The van der Waals surface area contributed by atoms with Crippen LogP contribution < -0.4 is 5.73 Å². The molecule has 0 bridgehead atoms. The summed E-state index contributed by atoms with van der Waals surface area (Å²) in [4.78, 5) is 4.14. The second-order valence-electron chi connectivity index (χ2n) is 3.79. The monoisotopic (exact) mass is 176 g/mol. The third-order valence-electron chi connectivity index (χ3n) is 2.82. The lowest BCUT2D eigenvalue weighted by Crippen LogP contribution is -2.14. The van der Waals surface area contributed by atoms with E-state index in [-0.39, 0.29) is 6.04 Å². The lowest BCUT2D eigenvalue weighted by Gasteiger charge is -2.13. The first kappa shape index (κ1) is 8.70. The van der Waals surface area contributed by atoms with E-state index in [2.05, 4.69) is 18.0 Å². The van der Waals surface area contributed by atoms with Gasteiger partial charge in [-0.3, -0.25) is 4.98 Å². The minimum absolute atomic E-state index is 0.226. The van der Waals surface area contributed by atoms with Crippen LogP contribution in [0.3, 0.4) is 0 Å². The van der Waals surface area contributed by atoms with E-state index < -0.39 is 0 Å². The molecule has 0 spiro atoms. The Balaban J connectivity index is 2.26. The average Bonchev–Trinajstić information content (AvgIpc) is 3.00. The normalized spacial score (nSPS) is 18.6. The summed E-state index contributed by atoms with van der Waals surface area (Å²) in [7, 11) is 0. The number of nitrogens with two attached hydrogens (primary N) is 1. The molecule has 2 rings (SSSR count). The summed E-state index contributed by atoms with van der Waals surface area (Å²) in [6, 6.07) is 2.31. The molecular weight excluding hydrogens is 160 g/mol. The van der Waals surface area contributed by atoms with Gasteiger partial charge in [0.15, 0.2) is 0 Å². The summed E-state index contributed by atoms with van der Waals surface area (Å²) in [5, 5.41) is 0. The predicted molar refractivity (Wildman–Crippen MR) is 53.3 cm³/mol. The molecule has 1 saturated carbocycles. The highest BCUT2D eigenvalue weighted by atomic mass is 14.7. The summed E-state index contributed by atoms with van der Waals surface area (Å²) in [6.45, 7) is 2.17. The summed E-state index contributed by atoms with van der Waals surface area (Å²) in [5.41, 5.74) is 8.75. The van der Waals surface area contributed by atoms with Gasteiger partial charge in [0.05, 0.1) is 0 Å². The topological polar surface area (TPSA) is 38.9 Å². The first-order valence-corrected chi connectivity index (χ1v) is 5.01. The molecule has 1 atom stereocenters. The molecule has 1 aromatic rings. The lowest BCUT2D eigenvalue weighted by atomic mass is 9.99. The van der Waals surface area contributed by atoms with Gasteiger partial charge in [-0.25, -0.2) is 0 Å². The van der Waals surface area contributed by atoms with Crippen LogP contribution in [-0.4, -0.2) is 4.98 Å². The fourth-order valence-electron chi connectivity index (χ4n) is 1.77. The highest BCUT2D eigenvalue weighted by Crippen LogP contribution is 2.40. The highest BCUT2D eigenvalue weighted by molar-refractivity contribution is 5.27. The van der Waals surface area contributed by atoms with E-state index in [1.807, 2.05) is 12.4 Å². The number of aryl methyl sites for hydroxylation is 1. The van der Waals surface area contributed by atoms with Crippen molar-refractivity contribution >= 4 is 0 Å². The van der Waals surface area contributed by atoms with E-state index >= 15 is 0 Å². The van der Waals surface area contributed by atoms with Crippen LogP contribution >= 0.6 is 0 Å². The van der Waals surface area contributed by atoms with Crippen molar-refractivity contribution in [2.75, 3.05) is 0 Å². The first-order chi connectivity index (χ1) is 6.33. The van der Waals surface area contributed by atoms with Gasteiger partial charge in [-0.1, -0.05) is 6.92 Å². The Morgan fingerprint density at radius 1 is 1.62 bits per heavy atom. The third-order valence-corrected chi connectivity index (χ3v) is 2.82. The van der Waals surface area contributed by atoms with E-state index in [1.165, 1.54) is 24.0 Å². The number of hydrogen-bond acceptors (Lipinski definition) is 2. The number of hydrogen-bond donors (Lipinski definition) is 1. The van der Waals surface area contributed by atoms with Crippen molar-refractivity contribution < 1.29 is 0 Å². The van der Waals surface area contributed by atoms with E-state index in [0.29, 0.717) is 0 Å². The molecule has 2 heteroatoms. The molecule has 1 aliphatic carbocycles. The predicted octanol–water partition coefficient (Wildman–Crippen LogP) is 2.05. The van der Waals surface area contributed by atoms with E-state index in [4.69, 9.17) is 5.73 Å². The second kappa shape index (κ2) is 3.46. The zero-order valence-corrected chi connectivity index (χ0v) is 8.03. The van der Waals surface area contributed by atoms with Crippen LogP contribution in [0.25, 0.3) is 0 Å². The molecule has 0 aromatic carbocycles. The standard InChI is InChI=1S/C11H16N2/c1-2-8-5-6-13-7-10(8)11(12)9-3-4-9/h5-7,9,11H,2-4,12H2,1H3. The SMILES string of the molecule is CCc1ccncc1C(N)C1CC1. The molecular formula is C11H16N2. The number of pyridine rings is 1. The minimum atomic E-state index is 0.226. The molecule has 1 heterocycles. The molecule has 0 aliphatic heterocycles. The Morgan fingerprint density at radius 2 is 2.38 bits per heavy atom. The molecule has 1 aliphatic rings. The highest BCUT2D eigenvalue weighted by Gasteiger charge is 2.30. The van der Waals surface area contributed by atoms with Crippen LogP contribution in [0.5, 0.6) is 0 Å². The van der Waals surface area contributed by atoms with Gasteiger partial charge in [0.2, 0.25) is 0 Å². The minimum Gasteiger partial charge on any atom is -0.324 e. The summed E-state index contributed by atoms with van der Waals surface area (Å²) >= 11 is 0. The fraction of sp³-hybridized carbons (Fsp3) is 0.545. The maximum Gasteiger partial charge on any atom is 0.0341 e. The van der Waals surface area contributed by atoms with Gasteiger partial charge in [0.1, 0.15) is 0 Å². The van der Waals surface area contributed by atoms with E-state index in [1.54, 1.807) is 0 Å². The quantitative estimate of drug-likeness (QED) is 0.765. The van der Waals surface area contributed by atoms with Crippen molar-refractivity contribution in [3.63, 3.8) is 0 Å². The van der Waals surface area contributed by atoms with Crippen molar-refractivity contribution in [3.05, 3.63) is 29.6 Å². The molecule has 0 saturated heterocycles. The summed E-state index contributed by atoms with van der Waals surface area (Å²) in [6.07, 6.45) is 7.42. The van der Waals surface area contributed by atoms with E-state index in [9.17, 15) is 0 Å². The van der Waals surface area contributed by atoms with Crippen LogP contribution in [0.15, 0.2) is 18.5 Å². The zero-order chi connectivity index (χ0) is 9.26. The summed E-state index contributed by atoms with van der Waals surface area (Å²) in [5.74, 6) is 0.717. The molecule has 1 unspecified atom stereocenters. The van der Waals surface area contributed by atoms with Crippen molar-refractivity contribution in [1.82, 2.24) is 4.98 Å². The number of aromatic nitrogens is 1. The van der Waals surface area contributed by atoms with Crippen LogP contribution in [0.1, 0.15) is 36.9 Å². The molecule has 1 aromatic heterocycles. The smallest absolute Gasteiger partial charge is 0.0341 e. The van der Waals surface area contributed by atoms with Gasteiger partial charge in [-0.15, -0.1) is 0 Å². The van der Waals surface area contributed by atoms with Gasteiger partial charge in [-0.05, 0) is 42.4 Å². The van der Waals surface area contributed by atoms with Crippen molar-refractivity contribution in [1.29, 1.82) is 0 Å². The molecule has 1 fully saturated rings. The lowest BCUT2D eigenvalue weighted by molar-refractivity contribution is 0.624. The van der Waals surface area contributed by atoms with Gasteiger partial charge >= 0.3 is 0 Å².